The van der Waals surface area contributed by atoms with Crippen molar-refractivity contribution < 1.29 is 8.42 Å². The fourth-order valence-corrected chi connectivity index (χ4v) is 2.27. The highest BCUT2D eigenvalue weighted by Gasteiger charge is 2.21. The molecule has 0 amide bonds. The highest BCUT2D eigenvalue weighted by Crippen LogP contribution is 2.15. The fourth-order valence-electron chi connectivity index (χ4n) is 1.60. The molecule has 1 unspecified atom stereocenters. The Morgan fingerprint density at radius 1 is 1.36 bits per heavy atom. The van der Waals surface area contributed by atoms with Gasteiger partial charge < -0.3 is 0 Å². The van der Waals surface area contributed by atoms with E-state index in [1.165, 1.54) is 6.42 Å². The molecule has 0 aromatic rings. The van der Waals surface area contributed by atoms with Crippen molar-refractivity contribution in [3.8, 4) is 0 Å². The first-order valence-corrected chi connectivity index (χ1v) is 6.77. The van der Waals surface area contributed by atoms with Gasteiger partial charge in [-0.1, -0.05) is 25.0 Å². The second kappa shape index (κ2) is 4.91. The Morgan fingerprint density at radius 2 is 2.07 bits per heavy atom. The molecule has 0 bridgehead atoms. The molecule has 0 aromatic carbocycles. The maximum absolute atomic E-state index is 11.2. The number of hydrogen-bond donors (Lipinski definition) is 1. The minimum Gasteiger partial charge on any atom is -0.254 e. The van der Waals surface area contributed by atoms with Crippen LogP contribution in [-0.4, -0.2) is 25.1 Å². The Kier molecular flexibility index (Phi) is 4.10. The first kappa shape index (κ1) is 11.7. The summed E-state index contributed by atoms with van der Waals surface area (Å²) >= 11 is 0. The molecule has 82 valence electrons. The van der Waals surface area contributed by atoms with Gasteiger partial charge in [0.1, 0.15) is 0 Å². The average molecular weight is 218 g/mol. The fraction of sp³-hybridized carbons (Fsp3) is 0.778. The quantitative estimate of drug-likeness (QED) is 0.427. The molecule has 0 saturated heterocycles. The lowest BCUT2D eigenvalue weighted by Crippen LogP contribution is -2.44. The van der Waals surface area contributed by atoms with Crippen molar-refractivity contribution in [3.63, 3.8) is 0 Å². The summed E-state index contributed by atoms with van der Waals surface area (Å²) in [5.74, 6) is 5.54. The maximum atomic E-state index is 11.2. The molecule has 4 nitrogen and oxygen atoms in total. The molecule has 0 aromatic heterocycles. The highest BCUT2D eigenvalue weighted by molar-refractivity contribution is 7.88. The van der Waals surface area contributed by atoms with Crippen LogP contribution >= 0.6 is 0 Å². The molecule has 1 aliphatic rings. The van der Waals surface area contributed by atoms with Gasteiger partial charge in [0.2, 0.25) is 10.0 Å². The van der Waals surface area contributed by atoms with E-state index in [0.29, 0.717) is 0 Å². The minimum atomic E-state index is -3.27. The molecule has 5 heteroatoms. The third-order valence-corrected chi connectivity index (χ3v) is 3.48. The van der Waals surface area contributed by atoms with E-state index in [9.17, 15) is 8.42 Å². The van der Waals surface area contributed by atoms with Crippen LogP contribution < -0.4 is 5.84 Å². The third-order valence-electron chi connectivity index (χ3n) is 2.44. The number of sulfonamides is 1. The zero-order valence-electron chi connectivity index (χ0n) is 8.52. The number of hydrogen-bond acceptors (Lipinski definition) is 3. The summed E-state index contributed by atoms with van der Waals surface area (Å²) in [6, 6.07) is -0.162. The predicted molar refractivity (Wildman–Crippen MR) is 56.9 cm³/mol. The Balaban J connectivity index is 2.69. The SMILES string of the molecule is CS(=O)(=O)N(N)C1/C=C\CCCCC1. The minimum absolute atomic E-state index is 0.162. The summed E-state index contributed by atoms with van der Waals surface area (Å²) in [4.78, 5) is 0. The molecule has 0 radical (unpaired) electrons. The van der Waals surface area contributed by atoms with E-state index >= 15 is 0 Å². The van der Waals surface area contributed by atoms with Gasteiger partial charge in [-0.25, -0.2) is 8.42 Å². The van der Waals surface area contributed by atoms with E-state index in [-0.39, 0.29) is 6.04 Å². The summed E-state index contributed by atoms with van der Waals surface area (Å²) in [5.41, 5.74) is 0. The zero-order valence-corrected chi connectivity index (χ0v) is 9.33. The van der Waals surface area contributed by atoms with Gasteiger partial charge in [-0.15, -0.1) is 4.41 Å². The molecule has 0 aliphatic heterocycles. The van der Waals surface area contributed by atoms with E-state index in [0.717, 1.165) is 36.4 Å². The van der Waals surface area contributed by atoms with Crippen molar-refractivity contribution >= 4 is 10.0 Å². The van der Waals surface area contributed by atoms with Crippen LogP contribution in [0.15, 0.2) is 12.2 Å². The van der Waals surface area contributed by atoms with Gasteiger partial charge in [-0.3, -0.25) is 5.84 Å². The lowest BCUT2D eigenvalue weighted by atomic mass is 10.0. The zero-order chi connectivity index (χ0) is 10.6. The van der Waals surface area contributed by atoms with E-state index in [1.54, 1.807) is 0 Å². The van der Waals surface area contributed by atoms with E-state index < -0.39 is 10.0 Å². The first-order chi connectivity index (χ1) is 6.52. The molecule has 1 aliphatic carbocycles. The van der Waals surface area contributed by atoms with Crippen molar-refractivity contribution in [2.45, 2.75) is 38.1 Å². The van der Waals surface area contributed by atoms with Crippen molar-refractivity contribution in [2.24, 2.45) is 5.84 Å². The summed E-state index contributed by atoms with van der Waals surface area (Å²) < 4.78 is 23.4. The molecule has 0 saturated carbocycles. The maximum Gasteiger partial charge on any atom is 0.224 e. The monoisotopic (exact) mass is 218 g/mol. The van der Waals surface area contributed by atoms with Crippen LogP contribution in [0, 0.1) is 0 Å². The van der Waals surface area contributed by atoms with Gasteiger partial charge >= 0.3 is 0 Å². The van der Waals surface area contributed by atoms with Crippen LogP contribution in [0.2, 0.25) is 0 Å². The third kappa shape index (κ3) is 3.40. The Labute approximate surface area is 85.8 Å². The van der Waals surface area contributed by atoms with Crippen LogP contribution in [-0.2, 0) is 10.0 Å². The Morgan fingerprint density at radius 3 is 2.71 bits per heavy atom. The number of nitrogens with two attached hydrogens (primary N) is 1. The molecular formula is C9H18N2O2S. The smallest absolute Gasteiger partial charge is 0.224 e. The molecule has 0 fully saturated rings. The summed E-state index contributed by atoms with van der Waals surface area (Å²) in [6.07, 6.45) is 10.3. The van der Waals surface area contributed by atoms with Crippen molar-refractivity contribution in [1.29, 1.82) is 0 Å². The molecule has 0 spiro atoms. The van der Waals surface area contributed by atoms with Crippen molar-refractivity contribution in [3.05, 3.63) is 12.2 Å². The lowest BCUT2D eigenvalue weighted by Gasteiger charge is -2.23. The normalized spacial score (nSPS) is 26.9. The number of nitrogens with zero attached hydrogens (tertiary/aromatic N) is 1. The van der Waals surface area contributed by atoms with Crippen LogP contribution in [0.1, 0.15) is 32.1 Å². The van der Waals surface area contributed by atoms with Crippen molar-refractivity contribution in [1.82, 2.24) is 4.41 Å². The van der Waals surface area contributed by atoms with Gasteiger partial charge in [0.05, 0.1) is 12.3 Å². The second-order valence-corrected chi connectivity index (χ2v) is 5.61. The topological polar surface area (TPSA) is 63.4 Å². The first-order valence-electron chi connectivity index (χ1n) is 4.92. The Hall–Kier alpha value is -0.390. The van der Waals surface area contributed by atoms with Crippen LogP contribution in [0.5, 0.6) is 0 Å². The van der Waals surface area contributed by atoms with Gasteiger partial charge in [-0.2, -0.15) is 0 Å². The summed E-state index contributed by atoms with van der Waals surface area (Å²) in [5, 5.41) is 0. The van der Waals surface area contributed by atoms with Crippen molar-refractivity contribution in [2.75, 3.05) is 6.26 Å². The average Bonchev–Trinajstić information content (AvgIpc) is 2.00. The van der Waals surface area contributed by atoms with E-state index in [2.05, 4.69) is 0 Å². The Bertz CT molecular complexity index is 298. The standard InChI is InChI=1S/C9H18N2O2S/c1-14(12,13)11(10)9-7-5-3-2-4-6-8-9/h5,7,9H,2-4,6,8,10H2,1H3/b7-5-. The molecule has 0 heterocycles. The number of rotatable bonds is 2. The second-order valence-electron chi connectivity index (χ2n) is 3.73. The molecule has 2 N–H and O–H groups in total. The molecular weight excluding hydrogens is 200 g/mol. The summed E-state index contributed by atoms with van der Waals surface area (Å²) in [6.45, 7) is 0. The highest BCUT2D eigenvalue weighted by atomic mass is 32.2. The van der Waals surface area contributed by atoms with Crippen LogP contribution in [0.4, 0.5) is 0 Å². The lowest BCUT2D eigenvalue weighted by molar-refractivity contribution is 0.349. The predicted octanol–water partition coefficient (Wildman–Crippen LogP) is 1.01. The van der Waals surface area contributed by atoms with Crippen LogP contribution in [0.25, 0.3) is 0 Å². The molecule has 14 heavy (non-hydrogen) atoms. The number of hydrazine groups is 1. The molecule has 1 rings (SSSR count). The van der Waals surface area contributed by atoms with Gasteiger partial charge in [-0.05, 0) is 19.3 Å². The molecule has 1 atom stereocenters. The number of allylic oxidation sites excluding steroid dienone is 1. The van der Waals surface area contributed by atoms with Gasteiger partial charge in [0.25, 0.3) is 0 Å². The van der Waals surface area contributed by atoms with E-state index in [1.807, 2.05) is 12.2 Å². The van der Waals surface area contributed by atoms with Gasteiger partial charge in [0.15, 0.2) is 0 Å². The summed E-state index contributed by atoms with van der Waals surface area (Å²) in [7, 11) is -3.27. The van der Waals surface area contributed by atoms with Gasteiger partial charge in [0, 0.05) is 0 Å². The van der Waals surface area contributed by atoms with E-state index in [4.69, 9.17) is 5.84 Å². The largest absolute Gasteiger partial charge is 0.254 e. The van der Waals surface area contributed by atoms with Crippen LogP contribution in [0.3, 0.4) is 0 Å².